The van der Waals surface area contributed by atoms with Gasteiger partial charge in [-0.2, -0.15) is 26.3 Å². The molecule has 3 aromatic rings. The van der Waals surface area contributed by atoms with E-state index >= 15 is 4.39 Å². The van der Waals surface area contributed by atoms with Gasteiger partial charge in [-0.15, -0.1) is 4.72 Å². The van der Waals surface area contributed by atoms with Gasteiger partial charge in [0.2, 0.25) is 0 Å². The molecule has 0 bridgehead atoms. The Morgan fingerprint density at radius 3 is 2.14 bits per heavy atom. The van der Waals surface area contributed by atoms with E-state index < -0.39 is 62.6 Å². The molecule has 12 heteroatoms. The van der Waals surface area contributed by atoms with E-state index in [4.69, 9.17) is 0 Å². The van der Waals surface area contributed by atoms with Gasteiger partial charge in [0.1, 0.15) is 10.6 Å². The molecule has 1 N–H and O–H groups in total. The van der Waals surface area contributed by atoms with Crippen LogP contribution in [0.15, 0.2) is 36.7 Å². The number of aromatic nitrogens is 2. The smallest absolute Gasteiger partial charge is 0.433 e. The highest BCUT2D eigenvalue weighted by atomic mass is 32.2. The molecule has 2 heterocycles. The second-order valence-corrected chi connectivity index (χ2v) is 13.0. The summed E-state index contributed by atoms with van der Waals surface area (Å²) in [5.41, 5.74) is -2.99. The Balaban J connectivity index is 2.32. The van der Waals surface area contributed by atoms with Gasteiger partial charge in [-0.25, -0.2) is 4.39 Å². The average molecular weight is 552 g/mol. The number of alkyl halides is 6. The van der Waals surface area contributed by atoms with Crippen LogP contribution in [0, 0.1) is 11.2 Å². The van der Waals surface area contributed by atoms with Crippen molar-refractivity contribution in [3.05, 3.63) is 53.7 Å². The van der Waals surface area contributed by atoms with Crippen LogP contribution < -0.4 is 4.72 Å². The van der Waals surface area contributed by atoms with E-state index in [2.05, 4.69) is 9.71 Å². The summed E-state index contributed by atoms with van der Waals surface area (Å²) >= 11 is -2.13. The summed E-state index contributed by atoms with van der Waals surface area (Å²) in [5.74, 6) is -1.14. The Bertz CT molecular complexity index is 1270. The molecule has 4 nitrogen and oxygen atoms in total. The Morgan fingerprint density at radius 2 is 1.62 bits per heavy atom. The van der Waals surface area contributed by atoms with E-state index in [1.54, 1.807) is 0 Å². The normalized spacial score (nSPS) is 15.3. The molecule has 0 radical (unpaired) electrons. The second kappa shape index (κ2) is 9.77. The van der Waals surface area contributed by atoms with E-state index in [1.165, 1.54) is 37.6 Å². The Kier molecular flexibility index (Phi) is 7.73. The standard InChI is InChI=1S/C25H28F7N3OS/c1-22(2,3)13-35-12-17(21(25(30,31)32)34-37(36)23(4,5)6)16-10-18(26)15(11-19(16)35)14-8-7-9-33-20(14)24(27,28)29/h7-12,21,34H,13H2,1-6H3/t21?,37-/m0/s1. The molecule has 3 rings (SSSR count). The zero-order valence-electron chi connectivity index (χ0n) is 21.1. The number of nitrogens with zero attached hydrogens (tertiary/aromatic N) is 2. The van der Waals surface area contributed by atoms with Crippen LogP contribution in [0.25, 0.3) is 22.0 Å². The number of rotatable bonds is 5. The fraction of sp³-hybridized carbons (Fsp3) is 0.480. The van der Waals surface area contributed by atoms with Crippen molar-refractivity contribution in [2.75, 3.05) is 0 Å². The summed E-state index contributed by atoms with van der Waals surface area (Å²) in [6, 6.07) is 1.78. The van der Waals surface area contributed by atoms with Gasteiger partial charge in [-0.3, -0.25) is 4.98 Å². The summed E-state index contributed by atoms with van der Waals surface area (Å²) < 4.78 is 114. The lowest BCUT2D eigenvalue weighted by molar-refractivity contribution is -0.152. The van der Waals surface area contributed by atoms with Crippen LogP contribution in [-0.2, 0) is 24.1 Å². The Labute approximate surface area is 213 Å². The predicted molar refractivity (Wildman–Crippen MR) is 129 cm³/mol. The predicted octanol–water partition coefficient (Wildman–Crippen LogP) is 7.56. The molecule has 0 fully saturated rings. The molecule has 0 saturated carbocycles. The number of fused-ring (bicyclic) bond motifs is 1. The van der Waals surface area contributed by atoms with Gasteiger partial charge in [-0.1, -0.05) is 26.8 Å². The Hall–Kier alpha value is -2.31. The van der Waals surface area contributed by atoms with Crippen molar-refractivity contribution >= 4 is 22.3 Å². The maximum atomic E-state index is 15.3. The first-order valence-electron chi connectivity index (χ1n) is 11.3. The monoisotopic (exact) mass is 551 g/mol. The quantitative estimate of drug-likeness (QED) is 0.263. The summed E-state index contributed by atoms with van der Waals surface area (Å²) in [6.45, 7) is 10.2. The fourth-order valence-electron chi connectivity index (χ4n) is 3.85. The first-order chi connectivity index (χ1) is 16.7. The molecule has 0 saturated heterocycles. The number of hydrogen-bond donors (Lipinski definition) is 1. The summed E-state index contributed by atoms with van der Waals surface area (Å²) in [5, 5.41) is -0.149. The molecule has 2 atom stereocenters. The highest BCUT2D eigenvalue weighted by molar-refractivity contribution is 7.90. The maximum Gasteiger partial charge on any atom is 0.433 e. The van der Waals surface area contributed by atoms with E-state index in [9.17, 15) is 30.9 Å². The van der Waals surface area contributed by atoms with E-state index in [-0.39, 0.29) is 23.0 Å². The molecular formula is C25H28F7N3OS. The highest BCUT2D eigenvalue weighted by Crippen LogP contribution is 2.42. The van der Waals surface area contributed by atoms with Crippen molar-refractivity contribution in [2.45, 2.75) is 71.2 Å². The summed E-state index contributed by atoms with van der Waals surface area (Å²) in [4.78, 5) is 3.36. The molecule has 0 amide bonds. The van der Waals surface area contributed by atoms with Gasteiger partial charge < -0.3 is 9.12 Å². The van der Waals surface area contributed by atoms with E-state index in [0.717, 1.165) is 24.4 Å². The Morgan fingerprint density at radius 1 is 1.00 bits per heavy atom. The van der Waals surface area contributed by atoms with Crippen LogP contribution >= 0.6 is 0 Å². The maximum absolute atomic E-state index is 15.3. The van der Waals surface area contributed by atoms with Crippen LogP contribution in [0.5, 0.6) is 0 Å². The minimum atomic E-state index is -4.90. The fourth-order valence-corrected chi connectivity index (χ4v) is 4.68. The van der Waals surface area contributed by atoms with Crippen LogP contribution in [0.4, 0.5) is 30.7 Å². The van der Waals surface area contributed by atoms with Gasteiger partial charge in [0, 0.05) is 57.9 Å². The number of benzene rings is 1. The number of pyridine rings is 1. The summed E-state index contributed by atoms with van der Waals surface area (Å²) in [6.07, 6.45) is -7.65. The van der Waals surface area contributed by atoms with Crippen molar-refractivity contribution in [3.8, 4) is 11.1 Å². The third kappa shape index (κ3) is 6.58. The van der Waals surface area contributed by atoms with Gasteiger partial charge in [0.15, 0.2) is 11.7 Å². The zero-order valence-corrected chi connectivity index (χ0v) is 21.9. The largest absolute Gasteiger partial charge is 0.598 e. The molecule has 0 spiro atoms. The van der Waals surface area contributed by atoms with E-state index in [1.807, 2.05) is 20.8 Å². The molecule has 0 aliphatic heterocycles. The van der Waals surface area contributed by atoms with Gasteiger partial charge >= 0.3 is 12.4 Å². The lowest BCUT2D eigenvalue weighted by Crippen LogP contribution is -2.45. The molecule has 1 unspecified atom stereocenters. The summed E-state index contributed by atoms with van der Waals surface area (Å²) in [7, 11) is 0. The molecule has 0 aliphatic rings. The van der Waals surface area contributed by atoms with Crippen LogP contribution in [-0.4, -0.2) is 25.0 Å². The van der Waals surface area contributed by atoms with Crippen molar-refractivity contribution in [3.63, 3.8) is 0 Å². The van der Waals surface area contributed by atoms with Crippen molar-refractivity contribution in [2.24, 2.45) is 5.41 Å². The number of nitrogens with one attached hydrogen (secondary N) is 1. The second-order valence-electron chi connectivity index (χ2n) is 11.0. The van der Waals surface area contributed by atoms with Crippen LogP contribution in [0.1, 0.15) is 58.8 Å². The lowest BCUT2D eigenvalue weighted by Gasteiger charge is -2.29. The first kappa shape index (κ1) is 29.2. The minimum Gasteiger partial charge on any atom is -0.598 e. The van der Waals surface area contributed by atoms with Gasteiger partial charge in [-0.05, 0) is 44.4 Å². The SMILES string of the molecule is CC(C)(C)Cn1cc(C(N[S@@+]([O-])C(C)(C)C)C(F)(F)F)c2cc(F)c(-c3cccnc3C(F)(F)F)cc21. The topological polar surface area (TPSA) is 52.9 Å². The zero-order chi connectivity index (χ0) is 28.1. The van der Waals surface area contributed by atoms with Gasteiger partial charge in [0.05, 0.1) is 0 Å². The average Bonchev–Trinajstić information content (AvgIpc) is 3.04. The third-order valence-electron chi connectivity index (χ3n) is 5.43. The molecule has 37 heavy (non-hydrogen) atoms. The molecule has 1 aromatic carbocycles. The third-order valence-corrected chi connectivity index (χ3v) is 6.99. The van der Waals surface area contributed by atoms with Gasteiger partial charge in [0.25, 0.3) is 0 Å². The van der Waals surface area contributed by atoms with Crippen molar-refractivity contribution < 1.29 is 35.3 Å². The molecular weight excluding hydrogens is 523 g/mol. The highest BCUT2D eigenvalue weighted by Gasteiger charge is 2.47. The molecule has 204 valence electrons. The minimum absolute atomic E-state index is 0.107. The number of hydrogen-bond acceptors (Lipinski definition) is 3. The van der Waals surface area contributed by atoms with Crippen LogP contribution in [0.3, 0.4) is 0 Å². The van der Waals surface area contributed by atoms with Crippen LogP contribution in [0.2, 0.25) is 0 Å². The first-order valence-corrected chi connectivity index (χ1v) is 12.4. The molecule has 0 aliphatic carbocycles. The van der Waals surface area contributed by atoms with Crippen molar-refractivity contribution in [1.29, 1.82) is 0 Å². The lowest BCUT2D eigenvalue weighted by atomic mass is 9.96. The van der Waals surface area contributed by atoms with Crippen molar-refractivity contribution in [1.82, 2.24) is 14.3 Å². The molecule has 2 aromatic heterocycles. The van der Waals surface area contributed by atoms with E-state index in [0.29, 0.717) is 0 Å². The number of halogens is 7.